The van der Waals surface area contributed by atoms with Gasteiger partial charge < -0.3 is 5.73 Å². The van der Waals surface area contributed by atoms with Crippen LogP contribution >= 0.6 is 0 Å². The van der Waals surface area contributed by atoms with E-state index < -0.39 is 0 Å². The highest BCUT2D eigenvalue weighted by Gasteiger charge is 2.45. The topological polar surface area (TPSA) is 26.0 Å². The first-order valence-corrected chi connectivity index (χ1v) is 10.4. The minimum Gasteiger partial charge on any atom is -0.399 e. The fraction of sp³-hybridized carbons (Fsp3) is 0.103. The molecule has 0 radical (unpaired) electrons. The third kappa shape index (κ3) is 2.78. The van der Waals surface area contributed by atoms with E-state index in [1.165, 1.54) is 44.5 Å². The van der Waals surface area contributed by atoms with Gasteiger partial charge in [0.2, 0.25) is 0 Å². The number of anilines is 1. The summed E-state index contributed by atoms with van der Waals surface area (Å²) in [5.41, 5.74) is 16.6. The molecule has 5 rings (SSSR count). The number of hydrogen-bond donors (Lipinski definition) is 1. The zero-order valence-electron chi connectivity index (χ0n) is 17.4. The highest BCUT2D eigenvalue weighted by Crippen LogP contribution is 2.55. The van der Waals surface area contributed by atoms with E-state index in [-0.39, 0.29) is 5.41 Å². The highest BCUT2D eigenvalue weighted by atomic mass is 14.5. The van der Waals surface area contributed by atoms with Crippen molar-refractivity contribution in [3.8, 4) is 0 Å². The molecular formula is C29H25N. The first-order chi connectivity index (χ1) is 14.6. The normalized spacial score (nSPS) is 14.3. The van der Waals surface area contributed by atoms with E-state index in [4.69, 9.17) is 5.73 Å². The summed E-state index contributed by atoms with van der Waals surface area (Å²) < 4.78 is 0. The molecule has 30 heavy (non-hydrogen) atoms. The lowest BCUT2D eigenvalue weighted by atomic mass is 9.65. The number of fused-ring (bicyclic) bond motifs is 1. The number of hydrogen-bond acceptors (Lipinski definition) is 1. The lowest BCUT2D eigenvalue weighted by Gasteiger charge is -2.36. The van der Waals surface area contributed by atoms with Crippen molar-refractivity contribution in [3.63, 3.8) is 0 Å². The van der Waals surface area contributed by atoms with Gasteiger partial charge >= 0.3 is 0 Å². The van der Waals surface area contributed by atoms with Crippen molar-refractivity contribution < 1.29 is 0 Å². The standard InChI is InChI=1S/C29H25N/c1-20-7-13-24(14-8-20)29(25-15-9-21(2)10-16-25)27-6-4-3-5-23(27)19-28(29)22-11-17-26(30)18-12-22/h3-19H,30H2,1-2H3. The summed E-state index contributed by atoms with van der Waals surface area (Å²) in [7, 11) is 0. The van der Waals surface area contributed by atoms with Crippen LogP contribution in [0.15, 0.2) is 97.1 Å². The molecule has 0 saturated heterocycles. The molecule has 1 aliphatic carbocycles. The van der Waals surface area contributed by atoms with Crippen LogP contribution in [0.1, 0.15) is 38.9 Å². The van der Waals surface area contributed by atoms with Crippen LogP contribution in [-0.2, 0) is 5.41 Å². The Labute approximate surface area is 178 Å². The minimum atomic E-state index is -0.367. The van der Waals surface area contributed by atoms with Crippen LogP contribution in [0.5, 0.6) is 0 Å². The molecule has 0 unspecified atom stereocenters. The quantitative estimate of drug-likeness (QED) is 0.386. The molecule has 0 heterocycles. The number of rotatable bonds is 3. The third-order valence-electron chi connectivity index (χ3n) is 6.26. The van der Waals surface area contributed by atoms with Gasteiger partial charge in [-0.1, -0.05) is 96.1 Å². The number of nitrogens with two attached hydrogens (primary N) is 1. The largest absolute Gasteiger partial charge is 0.399 e. The van der Waals surface area contributed by atoms with Crippen molar-refractivity contribution in [2.24, 2.45) is 0 Å². The maximum atomic E-state index is 6.01. The van der Waals surface area contributed by atoms with E-state index in [2.05, 4.69) is 105 Å². The molecule has 0 aliphatic heterocycles. The number of allylic oxidation sites excluding steroid dienone is 1. The average Bonchev–Trinajstić information content (AvgIpc) is 3.11. The molecular weight excluding hydrogens is 362 g/mol. The van der Waals surface area contributed by atoms with Crippen molar-refractivity contribution >= 4 is 17.3 Å². The zero-order valence-corrected chi connectivity index (χ0v) is 17.4. The van der Waals surface area contributed by atoms with Gasteiger partial charge in [0.1, 0.15) is 0 Å². The maximum absolute atomic E-state index is 6.01. The van der Waals surface area contributed by atoms with Gasteiger partial charge in [0, 0.05) is 5.69 Å². The van der Waals surface area contributed by atoms with Crippen molar-refractivity contribution in [2.75, 3.05) is 5.73 Å². The van der Waals surface area contributed by atoms with Crippen LogP contribution in [0.25, 0.3) is 11.6 Å². The summed E-state index contributed by atoms with van der Waals surface area (Å²) in [5.74, 6) is 0. The van der Waals surface area contributed by atoms with Crippen LogP contribution in [0.4, 0.5) is 5.69 Å². The SMILES string of the molecule is Cc1ccc(C2(c3ccc(C)cc3)C(c3ccc(N)cc3)=Cc3ccccc32)cc1. The molecule has 0 atom stereocenters. The van der Waals surface area contributed by atoms with Gasteiger partial charge in [-0.05, 0) is 65.4 Å². The Morgan fingerprint density at radius 1 is 0.600 bits per heavy atom. The Balaban J connectivity index is 1.88. The second-order valence-corrected chi connectivity index (χ2v) is 8.25. The Hall–Kier alpha value is -3.58. The Morgan fingerprint density at radius 3 is 1.70 bits per heavy atom. The summed E-state index contributed by atoms with van der Waals surface area (Å²) in [6, 6.07) is 35.0. The zero-order chi connectivity index (χ0) is 20.7. The second-order valence-electron chi connectivity index (χ2n) is 8.25. The molecule has 0 fully saturated rings. The predicted octanol–water partition coefficient (Wildman–Crippen LogP) is 6.77. The van der Waals surface area contributed by atoms with Crippen molar-refractivity contribution in [3.05, 3.63) is 136 Å². The van der Waals surface area contributed by atoms with Gasteiger partial charge in [-0.25, -0.2) is 0 Å². The van der Waals surface area contributed by atoms with E-state index in [0.29, 0.717) is 0 Å². The van der Waals surface area contributed by atoms with Crippen molar-refractivity contribution in [1.82, 2.24) is 0 Å². The third-order valence-corrected chi connectivity index (χ3v) is 6.26. The van der Waals surface area contributed by atoms with E-state index in [9.17, 15) is 0 Å². The fourth-order valence-electron chi connectivity index (χ4n) is 4.73. The lowest BCUT2D eigenvalue weighted by molar-refractivity contribution is 0.813. The molecule has 1 aliphatic rings. The molecule has 4 aromatic rings. The van der Waals surface area contributed by atoms with Crippen molar-refractivity contribution in [2.45, 2.75) is 19.3 Å². The van der Waals surface area contributed by atoms with E-state index >= 15 is 0 Å². The summed E-state index contributed by atoms with van der Waals surface area (Å²) in [4.78, 5) is 0. The van der Waals surface area contributed by atoms with Crippen LogP contribution in [0.3, 0.4) is 0 Å². The molecule has 4 aromatic carbocycles. The fourth-order valence-corrected chi connectivity index (χ4v) is 4.73. The van der Waals surface area contributed by atoms with E-state index in [1.54, 1.807) is 0 Å². The Morgan fingerprint density at radius 2 is 1.13 bits per heavy atom. The monoisotopic (exact) mass is 387 g/mol. The van der Waals surface area contributed by atoms with Crippen LogP contribution < -0.4 is 5.73 Å². The molecule has 0 saturated carbocycles. The maximum Gasteiger partial charge on any atom is 0.0713 e. The minimum absolute atomic E-state index is 0.367. The molecule has 1 heteroatoms. The van der Waals surface area contributed by atoms with Gasteiger partial charge in [-0.3, -0.25) is 0 Å². The summed E-state index contributed by atoms with van der Waals surface area (Å²) in [6.07, 6.45) is 2.35. The molecule has 0 amide bonds. The van der Waals surface area contributed by atoms with Crippen LogP contribution in [0, 0.1) is 13.8 Å². The van der Waals surface area contributed by atoms with E-state index in [0.717, 1.165) is 5.69 Å². The second kappa shape index (κ2) is 7.03. The van der Waals surface area contributed by atoms with Crippen molar-refractivity contribution in [1.29, 1.82) is 0 Å². The number of aryl methyl sites for hydroxylation is 2. The first kappa shape index (κ1) is 18.4. The highest BCUT2D eigenvalue weighted by molar-refractivity contribution is 5.99. The lowest BCUT2D eigenvalue weighted by Crippen LogP contribution is -2.29. The molecule has 146 valence electrons. The average molecular weight is 388 g/mol. The van der Waals surface area contributed by atoms with Crippen LogP contribution in [-0.4, -0.2) is 0 Å². The number of nitrogen functional groups attached to an aromatic ring is 1. The Kier molecular flexibility index (Phi) is 4.33. The molecule has 2 N–H and O–H groups in total. The van der Waals surface area contributed by atoms with Gasteiger partial charge in [0.05, 0.1) is 5.41 Å². The number of benzene rings is 4. The molecule has 1 nitrogen and oxygen atoms in total. The molecule has 0 aromatic heterocycles. The van der Waals surface area contributed by atoms with Crippen LogP contribution in [0.2, 0.25) is 0 Å². The van der Waals surface area contributed by atoms with Gasteiger partial charge in [0.25, 0.3) is 0 Å². The summed E-state index contributed by atoms with van der Waals surface area (Å²) >= 11 is 0. The Bertz CT molecular complexity index is 1180. The van der Waals surface area contributed by atoms with Gasteiger partial charge in [-0.2, -0.15) is 0 Å². The summed E-state index contributed by atoms with van der Waals surface area (Å²) in [5, 5.41) is 0. The van der Waals surface area contributed by atoms with E-state index in [1.807, 2.05) is 12.1 Å². The molecule has 0 bridgehead atoms. The first-order valence-electron chi connectivity index (χ1n) is 10.4. The van der Waals surface area contributed by atoms with Gasteiger partial charge in [0.15, 0.2) is 0 Å². The summed E-state index contributed by atoms with van der Waals surface area (Å²) in [6.45, 7) is 4.28. The van der Waals surface area contributed by atoms with Gasteiger partial charge in [-0.15, -0.1) is 0 Å². The molecule has 0 spiro atoms. The smallest absolute Gasteiger partial charge is 0.0713 e. The predicted molar refractivity (Wildman–Crippen MR) is 127 cm³/mol.